The van der Waals surface area contributed by atoms with E-state index in [1.807, 2.05) is 0 Å². The van der Waals surface area contributed by atoms with Gasteiger partial charge >= 0.3 is 0 Å². The summed E-state index contributed by atoms with van der Waals surface area (Å²) in [6.45, 7) is 11.0. The molecule has 1 aliphatic rings. The first-order valence-electron chi connectivity index (χ1n) is 8.06. The third kappa shape index (κ3) is 2.96. The van der Waals surface area contributed by atoms with Gasteiger partial charge < -0.3 is 0 Å². The molecule has 3 nitrogen and oxygen atoms in total. The maximum Gasteiger partial charge on any atom is 0.143 e. The Balaban J connectivity index is 2.43. The summed E-state index contributed by atoms with van der Waals surface area (Å²) in [6, 6.07) is 0. The van der Waals surface area contributed by atoms with Crippen LogP contribution in [0.1, 0.15) is 63.8 Å². The quantitative estimate of drug-likeness (QED) is 0.785. The second kappa shape index (κ2) is 6.36. The minimum absolute atomic E-state index is 0.0521. The number of hydrogen-bond donors (Lipinski definition) is 0. The van der Waals surface area contributed by atoms with E-state index in [1.54, 1.807) is 0 Å². The van der Waals surface area contributed by atoms with Crippen LogP contribution in [-0.2, 0) is 11.9 Å². The van der Waals surface area contributed by atoms with Crippen molar-refractivity contribution in [3.63, 3.8) is 0 Å². The molecule has 0 aliphatic heterocycles. The van der Waals surface area contributed by atoms with Gasteiger partial charge in [0.2, 0.25) is 0 Å². The van der Waals surface area contributed by atoms with E-state index in [0.717, 1.165) is 6.42 Å². The van der Waals surface area contributed by atoms with Crippen molar-refractivity contribution in [3.8, 4) is 0 Å². The van der Waals surface area contributed by atoms with E-state index in [2.05, 4.69) is 64.0 Å². The van der Waals surface area contributed by atoms with Crippen molar-refractivity contribution in [2.45, 2.75) is 83.7 Å². The normalized spacial score (nSPS) is 21.6. The Bertz CT molecular complexity index is 442. The van der Waals surface area contributed by atoms with Crippen LogP contribution in [0.25, 0.3) is 0 Å². The number of hydrogen-bond acceptors (Lipinski definition) is 2. The molecule has 1 aliphatic carbocycles. The summed E-state index contributed by atoms with van der Waals surface area (Å²) in [4.78, 5) is 0. The van der Waals surface area contributed by atoms with Crippen LogP contribution in [0.2, 0.25) is 19.5 Å². The molecule has 1 unspecified atom stereocenters. The molecule has 108 valence electrons. The average molecular weight is 271 g/mol. The monoisotopic (exact) mass is 271 g/mol. The van der Waals surface area contributed by atoms with E-state index < -0.39 is 0 Å². The number of rotatable bonds is 4. The van der Waals surface area contributed by atoms with Crippen LogP contribution in [0, 0.1) is 0 Å². The molecule has 0 saturated heterocycles. The lowest BCUT2D eigenvalue weighted by molar-refractivity contribution is 0.421. The standard InChI is InChI=1S/C15H27B2N3/c1-11(16-4)12-9-7-6-8-10-13-14(12)18-19-20(13)15(2,3)17-5/h11-12H,6-10H2,1-5H3/t11-,12?/m1/s1. The second-order valence-corrected chi connectivity index (χ2v) is 6.67. The molecule has 2 radical (unpaired) electrons. The highest BCUT2D eigenvalue weighted by atomic mass is 15.5. The zero-order valence-electron chi connectivity index (χ0n) is 13.7. The molecule has 20 heavy (non-hydrogen) atoms. The van der Waals surface area contributed by atoms with E-state index in [0.29, 0.717) is 11.7 Å². The van der Waals surface area contributed by atoms with Gasteiger partial charge in [0, 0.05) is 11.4 Å². The first-order chi connectivity index (χ1) is 9.51. The summed E-state index contributed by atoms with van der Waals surface area (Å²) in [5.41, 5.74) is 2.57. The molecule has 1 heterocycles. The summed E-state index contributed by atoms with van der Waals surface area (Å²) in [5, 5.41) is 9.11. The highest BCUT2D eigenvalue weighted by Crippen LogP contribution is 2.37. The van der Waals surface area contributed by atoms with Crippen LogP contribution in [0.15, 0.2) is 0 Å². The van der Waals surface area contributed by atoms with Crippen molar-refractivity contribution in [2.24, 2.45) is 0 Å². The molecule has 0 aromatic carbocycles. The molecule has 0 spiro atoms. The smallest absolute Gasteiger partial charge is 0.143 e. The van der Waals surface area contributed by atoms with Gasteiger partial charge in [0.25, 0.3) is 0 Å². The lowest BCUT2D eigenvalue weighted by atomic mass is 9.59. The molecular weight excluding hydrogens is 244 g/mol. The van der Waals surface area contributed by atoms with Gasteiger partial charge in [-0.25, -0.2) is 0 Å². The van der Waals surface area contributed by atoms with Crippen molar-refractivity contribution < 1.29 is 0 Å². The van der Waals surface area contributed by atoms with Crippen molar-refractivity contribution in [1.29, 1.82) is 0 Å². The highest BCUT2D eigenvalue weighted by molar-refractivity contribution is 6.36. The van der Waals surface area contributed by atoms with E-state index in [1.165, 1.54) is 37.1 Å². The van der Waals surface area contributed by atoms with E-state index >= 15 is 0 Å². The van der Waals surface area contributed by atoms with Gasteiger partial charge in [-0.05, 0) is 33.1 Å². The average Bonchev–Trinajstić information content (AvgIpc) is 2.82. The van der Waals surface area contributed by atoms with Crippen LogP contribution in [0.4, 0.5) is 0 Å². The molecule has 0 fully saturated rings. The third-order valence-corrected chi connectivity index (χ3v) is 4.99. The summed E-state index contributed by atoms with van der Waals surface area (Å²) >= 11 is 0. The van der Waals surface area contributed by atoms with Crippen LogP contribution in [0.5, 0.6) is 0 Å². The molecule has 0 saturated carbocycles. The molecule has 5 heteroatoms. The summed E-state index contributed by atoms with van der Waals surface area (Å²) in [5.74, 6) is 1.11. The van der Waals surface area contributed by atoms with Crippen LogP contribution >= 0.6 is 0 Å². The Kier molecular flexibility index (Phi) is 4.98. The largest absolute Gasteiger partial charge is 0.252 e. The summed E-state index contributed by atoms with van der Waals surface area (Å²) < 4.78 is 2.16. The fourth-order valence-corrected chi connectivity index (χ4v) is 3.14. The first kappa shape index (κ1) is 15.7. The molecule has 2 atom stereocenters. The van der Waals surface area contributed by atoms with Crippen molar-refractivity contribution in [3.05, 3.63) is 11.4 Å². The molecule has 1 aromatic heterocycles. The zero-order chi connectivity index (χ0) is 14.8. The first-order valence-corrected chi connectivity index (χ1v) is 8.06. The van der Waals surface area contributed by atoms with Gasteiger partial charge in [0.05, 0.1) is 11.4 Å². The van der Waals surface area contributed by atoms with Crippen LogP contribution in [0.3, 0.4) is 0 Å². The van der Waals surface area contributed by atoms with Gasteiger partial charge in [-0.3, -0.25) is 4.68 Å². The minimum atomic E-state index is -0.0521. The van der Waals surface area contributed by atoms with E-state index in [-0.39, 0.29) is 5.44 Å². The number of fused-ring (bicyclic) bond motifs is 1. The maximum absolute atomic E-state index is 4.60. The predicted molar refractivity (Wildman–Crippen MR) is 86.9 cm³/mol. The third-order valence-electron chi connectivity index (χ3n) is 4.99. The van der Waals surface area contributed by atoms with E-state index in [9.17, 15) is 0 Å². The van der Waals surface area contributed by atoms with Crippen molar-refractivity contribution in [2.75, 3.05) is 0 Å². The fourth-order valence-electron chi connectivity index (χ4n) is 3.14. The predicted octanol–water partition coefficient (Wildman–Crippen LogP) is 3.48. The Morgan fingerprint density at radius 1 is 1.25 bits per heavy atom. The van der Waals surface area contributed by atoms with Crippen molar-refractivity contribution >= 4 is 14.6 Å². The molecule has 1 aromatic rings. The number of aromatic nitrogens is 3. The van der Waals surface area contributed by atoms with Gasteiger partial charge in [0.15, 0.2) is 0 Å². The second-order valence-electron chi connectivity index (χ2n) is 6.67. The highest BCUT2D eigenvalue weighted by Gasteiger charge is 2.31. The molecule has 0 bridgehead atoms. The van der Waals surface area contributed by atoms with Gasteiger partial charge in [-0.15, -0.1) is 5.10 Å². The van der Waals surface area contributed by atoms with E-state index in [4.69, 9.17) is 0 Å². The lowest BCUT2D eigenvalue weighted by Gasteiger charge is -2.28. The fraction of sp³-hybridized carbons (Fsp3) is 0.867. The molecule has 2 rings (SSSR count). The van der Waals surface area contributed by atoms with Crippen LogP contribution < -0.4 is 0 Å². The molecule has 0 amide bonds. The minimum Gasteiger partial charge on any atom is -0.252 e. The summed E-state index contributed by atoms with van der Waals surface area (Å²) in [6.07, 6.45) is 6.27. The lowest BCUT2D eigenvalue weighted by Crippen LogP contribution is -2.34. The van der Waals surface area contributed by atoms with Crippen LogP contribution in [-0.4, -0.2) is 29.6 Å². The Morgan fingerprint density at radius 2 is 2.00 bits per heavy atom. The molecule has 0 N–H and O–H groups in total. The summed E-state index contributed by atoms with van der Waals surface area (Å²) in [7, 11) is 4.53. The van der Waals surface area contributed by atoms with Gasteiger partial charge in [0.1, 0.15) is 14.6 Å². The zero-order valence-corrected chi connectivity index (χ0v) is 13.7. The SMILES string of the molecule is C[B][C@H](C)C1CCCCCc2c1nnn2C(C)(C)[B]C. The Hall–Kier alpha value is -0.730. The number of nitrogens with zero attached hydrogens (tertiary/aromatic N) is 3. The molecular formula is C15H27B2N3. The van der Waals surface area contributed by atoms with Gasteiger partial charge in [-0.1, -0.05) is 44.4 Å². The Morgan fingerprint density at radius 3 is 2.65 bits per heavy atom. The Labute approximate surface area is 125 Å². The maximum atomic E-state index is 4.60. The topological polar surface area (TPSA) is 30.7 Å². The van der Waals surface area contributed by atoms with Gasteiger partial charge in [-0.2, -0.15) is 0 Å². The van der Waals surface area contributed by atoms with Crippen molar-refractivity contribution in [1.82, 2.24) is 15.0 Å².